The Balaban J connectivity index is 1.67. The summed E-state index contributed by atoms with van der Waals surface area (Å²) in [4.78, 5) is 12.5. The molecule has 4 aromatic rings. The summed E-state index contributed by atoms with van der Waals surface area (Å²) in [5.41, 5.74) is 6.20. The van der Waals surface area contributed by atoms with Crippen molar-refractivity contribution in [2.45, 2.75) is 19.9 Å². The first-order valence-electron chi connectivity index (χ1n) is 11.3. The summed E-state index contributed by atoms with van der Waals surface area (Å²) in [6.07, 6.45) is 0. The van der Waals surface area contributed by atoms with Crippen LogP contribution in [0.5, 0.6) is 0 Å². The monoisotopic (exact) mass is 525 g/mol. The number of nitrogens with one attached hydrogen (secondary N) is 1. The quantitative estimate of drug-likeness (QED) is 0.342. The van der Waals surface area contributed by atoms with Crippen LogP contribution in [0.25, 0.3) is 0 Å². The van der Waals surface area contributed by atoms with Crippen molar-refractivity contribution in [2.75, 3.05) is 0 Å². The molecule has 1 amide bonds. The Bertz CT molecular complexity index is 1100. The molecule has 0 bridgehead atoms. The van der Waals surface area contributed by atoms with Gasteiger partial charge in [0.2, 0.25) is 0 Å². The second kappa shape index (κ2) is 9.33. The summed E-state index contributed by atoms with van der Waals surface area (Å²) in [5.74, 6) is 0.0705. The van der Waals surface area contributed by atoms with Gasteiger partial charge in [-0.2, -0.15) is 0 Å². The van der Waals surface area contributed by atoms with Gasteiger partial charge in [0, 0.05) is 0 Å². The number of amides is 1. The van der Waals surface area contributed by atoms with Crippen molar-refractivity contribution in [1.82, 2.24) is 5.32 Å². The summed E-state index contributed by atoms with van der Waals surface area (Å²) in [5, 5.41) is 3.00. The minimum absolute atomic E-state index is 0.0705. The zero-order valence-corrected chi connectivity index (χ0v) is 21.0. The van der Waals surface area contributed by atoms with E-state index in [2.05, 4.69) is 115 Å². The molecule has 5 rings (SSSR count). The molecule has 0 spiro atoms. The fourth-order valence-corrected chi connectivity index (χ4v) is 19.1. The molecule has 0 saturated heterocycles. The van der Waals surface area contributed by atoms with Crippen LogP contribution in [0, 0.1) is 0 Å². The number of hydrogen-bond acceptors (Lipinski definition) is 1. The van der Waals surface area contributed by atoms with E-state index in [0.29, 0.717) is 6.54 Å². The number of carbonyl (C=O) groups is 1. The van der Waals surface area contributed by atoms with Crippen LogP contribution in [-0.2, 0) is 19.9 Å². The van der Waals surface area contributed by atoms with E-state index in [0.717, 1.165) is 24.4 Å². The molecular formula is C29H27NOSn. The standard InChI is InChI=1S/C8H6NO.3C7H7.Sn/c10-8-7-4-2-1-3-6(7)5-9-8;3*1-7-5-3-2-4-6-7;/h1,3-4H,5H2,(H,9,10);3*2-6H,1H2;. The summed E-state index contributed by atoms with van der Waals surface area (Å²) in [7, 11) is 0. The van der Waals surface area contributed by atoms with E-state index in [4.69, 9.17) is 0 Å². The molecule has 0 fully saturated rings. The van der Waals surface area contributed by atoms with Gasteiger partial charge in [0.15, 0.2) is 0 Å². The van der Waals surface area contributed by atoms with Crippen LogP contribution in [0.3, 0.4) is 0 Å². The summed E-state index contributed by atoms with van der Waals surface area (Å²) >= 11 is -3.15. The number of fused-ring (bicyclic) bond motifs is 1. The molecule has 0 unspecified atom stereocenters. The minimum atomic E-state index is -3.15. The number of carbonyl (C=O) groups excluding carboxylic acids is 1. The molecule has 0 aliphatic carbocycles. The maximum absolute atomic E-state index is 12.5. The van der Waals surface area contributed by atoms with Gasteiger partial charge in [-0.3, -0.25) is 0 Å². The van der Waals surface area contributed by atoms with Crippen molar-refractivity contribution in [3.05, 3.63) is 137 Å². The summed E-state index contributed by atoms with van der Waals surface area (Å²) in [6.45, 7) is 0.646. The van der Waals surface area contributed by atoms with Crippen molar-refractivity contribution in [3.63, 3.8) is 0 Å². The Morgan fingerprint density at radius 1 is 0.625 bits per heavy atom. The van der Waals surface area contributed by atoms with Crippen LogP contribution in [0.1, 0.15) is 32.6 Å². The van der Waals surface area contributed by atoms with Crippen LogP contribution in [0.15, 0.2) is 109 Å². The maximum atomic E-state index is 12.5. The fourth-order valence-electron chi connectivity index (χ4n) is 5.00. The van der Waals surface area contributed by atoms with Gasteiger partial charge in [-0.1, -0.05) is 0 Å². The molecule has 158 valence electrons. The van der Waals surface area contributed by atoms with Gasteiger partial charge in [0.1, 0.15) is 0 Å². The van der Waals surface area contributed by atoms with Gasteiger partial charge in [-0.15, -0.1) is 0 Å². The predicted octanol–water partition coefficient (Wildman–Crippen LogP) is 4.93. The molecule has 4 aromatic carbocycles. The van der Waals surface area contributed by atoms with E-state index >= 15 is 0 Å². The summed E-state index contributed by atoms with van der Waals surface area (Å²) in [6, 6.07) is 39.5. The van der Waals surface area contributed by atoms with E-state index in [1.807, 2.05) is 0 Å². The van der Waals surface area contributed by atoms with Crippen LogP contribution < -0.4 is 8.90 Å². The van der Waals surface area contributed by atoms with Gasteiger partial charge in [-0.05, 0) is 0 Å². The van der Waals surface area contributed by atoms with E-state index in [-0.39, 0.29) is 5.91 Å². The van der Waals surface area contributed by atoms with Gasteiger partial charge in [0.05, 0.1) is 0 Å². The molecule has 0 atom stereocenters. The SMILES string of the molecule is O=C1NCc2cc[c]([Sn]([CH2]c3ccccc3)([CH2]c3ccccc3)[CH2]c3ccccc3)cc21. The average Bonchev–Trinajstić information content (AvgIpc) is 3.21. The van der Waals surface area contributed by atoms with E-state index < -0.39 is 18.4 Å². The Hall–Kier alpha value is -2.85. The molecule has 1 N–H and O–H groups in total. The van der Waals surface area contributed by atoms with Gasteiger partial charge in [0.25, 0.3) is 0 Å². The molecule has 3 heteroatoms. The Morgan fingerprint density at radius 2 is 1.09 bits per heavy atom. The normalized spacial score (nSPS) is 12.9. The fraction of sp³-hybridized carbons (Fsp3) is 0.138. The molecule has 1 aliphatic rings. The first-order chi connectivity index (χ1) is 15.7. The third kappa shape index (κ3) is 4.51. The molecular weight excluding hydrogens is 497 g/mol. The van der Waals surface area contributed by atoms with Gasteiger partial charge in [-0.25, -0.2) is 0 Å². The van der Waals surface area contributed by atoms with Crippen LogP contribution >= 0.6 is 0 Å². The first-order valence-corrected chi connectivity index (χ1v) is 18.7. The molecule has 0 aromatic heterocycles. The first kappa shape index (κ1) is 21.0. The number of benzene rings is 4. The van der Waals surface area contributed by atoms with Crippen LogP contribution in [0.4, 0.5) is 0 Å². The Kier molecular flexibility index (Phi) is 6.13. The summed E-state index contributed by atoms with van der Waals surface area (Å²) < 4.78 is 4.77. The molecule has 2 nitrogen and oxygen atoms in total. The van der Waals surface area contributed by atoms with Crippen molar-refractivity contribution in [2.24, 2.45) is 0 Å². The zero-order valence-electron chi connectivity index (χ0n) is 18.1. The van der Waals surface area contributed by atoms with E-state index in [1.165, 1.54) is 20.3 Å². The van der Waals surface area contributed by atoms with Crippen molar-refractivity contribution < 1.29 is 4.79 Å². The van der Waals surface area contributed by atoms with Crippen molar-refractivity contribution in [1.29, 1.82) is 0 Å². The van der Waals surface area contributed by atoms with Crippen molar-refractivity contribution in [3.8, 4) is 0 Å². The Morgan fingerprint density at radius 3 is 1.56 bits per heavy atom. The van der Waals surface area contributed by atoms with Gasteiger partial charge >= 0.3 is 195 Å². The van der Waals surface area contributed by atoms with Crippen LogP contribution in [0.2, 0.25) is 0 Å². The second-order valence-corrected chi connectivity index (χ2v) is 20.8. The number of hydrogen-bond donors (Lipinski definition) is 1. The third-order valence-corrected chi connectivity index (χ3v) is 20.2. The predicted molar refractivity (Wildman–Crippen MR) is 133 cm³/mol. The van der Waals surface area contributed by atoms with Gasteiger partial charge < -0.3 is 0 Å². The van der Waals surface area contributed by atoms with E-state index in [1.54, 1.807) is 0 Å². The third-order valence-electron chi connectivity index (χ3n) is 6.56. The van der Waals surface area contributed by atoms with Crippen molar-refractivity contribution >= 4 is 27.9 Å². The molecule has 32 heavy (non-hydrogen) atoms. The second-order valence-electron chi connectivity index (χ2n) is 8.82. The average molecular weight is 524 g/mol. The van der Waals surface area contributed by atoms with Crippen LogP contribution in [-0.4, -0.2) is 24.3 Å². The molecule has 1 heterocycles. The molecule has 0 radical (unpaired) electrons. The zero-order chi connectivity index (χ0) is 21.8. The molecule has 1 aliphatic heterocycles. The Labute approximate surface area is 194 Å². The molecule has 0 saturated carbocycles. The topological polar surface area (TPSA) is 29.1 Å². The number of rotatable bonds is 7. The van der Waals surface area contributed by atoms with E-state index in [9.17, 15) is 4.79 Å².